The van der Waals surface area contributed by atoms with Crippen LogP contribution in [-0.4, -0.2) is 10.9 Å². The molecule has 4 rings (SSSR count). The minimum atomic E-state index is -0.0148. The fourth-order valence-electron chi connectivity index (χ4n) is 3.20. The summed E-state index contributed by atoms with van der Waals surface area (Å²) in [7, 11) is 0. The Morgan fingerprint density at radius 3 is 2.91 bits per heavy atom. The summed E-state index contributed by atoms with van der Waals surface area (Å²) in [6, 6.07) is 8.22. The van der Waals surface area contributed by atoms with Gasteiger partial charge in [-0.2, -0.15) is 0 Å². The molecule has 3 aromatic rings. The summed E-state index contributed by atoms with van der Waals surface area (Å²) in [4.78, 5) is 17.9. The van der Waals surface area contributed by atoms with Crippen molar-refractivity contribution in [2.45, 2.75) is 33.1 Å². The summed E-state index contributed by atoms with van der Waals surface area (Å²) in [6.45, 7) is 3.88. The quantitative estimate of drug-likeness (QED) is 0.703. The first-order valence-corrected chi connectivity index (χ1v) is 9.53. The molecule has 1 N–H and O–H groups in total. The molecule has 5 heteroatoms. The Balaban J connectivity index is 1.89. The average molecular weight is 342 g/mol. The van der Waals surface area contributed by atoms with Crippen LogP contribution in [0, 0.1) is 5.92 Å². The second-order valence-electron chi connectivity index (χ2n) is 6.22. The molecule has 0 spiro atoms. The van der Waals surface area contributed by atoms with Crippen LogP contribution in [0.3, 0.4) is 0 Å². The van der Waals surface area contributed by atoms with Crippen LogP contribution in [0.1, 0.15) is 30.7 Å². The zero-order valence-corrected chi connectivity index (χ0v) is 14.8. The highest BCUT2D eigenvalue weighted by Crippen LogP contribution is 2.46. The average Bonchev–Trinajstić information content (AvgIpc) is 3.06. The predicted molar refractivity (Wildman–Crippen MR) is 98.4 cm³/mol. The molecule has 118 valence electrons. The van der Waals surface area contributed by atoms with E-state index in [0.29, 0.717) is 0 Å². The van der Waals surface area contributed by atoms with Crippen LogP contribution in [0.15, 0.2) is 24.3 Å². The van der Waals surface area contributed by atoms with E-state index in [2.05, 4.69) is 18.3 Å². The summed E-state index contributed by atoms with van der Waals surface area (Å²) in [6.07, 6.45) is 3.40. The third-order valence-electron chi connectivity index (χ3n) is 4.31. The molecule has 2 aromatic heterocycles. The first kappa shape index (κ1) is 14.8. The van der Waals surface area contributed by atoms with Gasteiger partial charge in [0, 0.05) is 17.4 Å². The summed E-state index contributed by atoms with van der Waals surface area (Å²) >= 11 is 3.45. The lowest BCUT2D eigenvalue weighted by Gasteiger charge is -2.18. The number of aromatic nitrogens is 1. The molecule has 2 heterocycles. The Hall–Kier alpha value is -1.72. The fourth-order valence-corrected chi connectivity index (χ4v) is 5.77. The van der Waals surface area contributed by atoms with Crippen LogP contribution < -0.4 is 5.32 Å². The van der Waals surface area contributed by atoms with Gasteiger partial charge in [0.25, 0.3) is 0 Å². The molecule has 0 bridgehead atoms. The zero-order valence-electron chi connectivity index (χ0n) is 13.2. The van der Waals surface area contributed by atoms with E-state index in [-0.39, 0.29) is 5.91 Å². The first-order chi connectivity index (χ1) is 11.1. The van der Waals surface area contributed by atoms with Crippen molar-refractivity contribution in [2.24, 2.45) is 5.92 Å². The molecule has 0 radical (unpaired) electrons. The van der Waals surface area contributed by atoms with Gasteiger partial charge in [-0.05, 0) is 42.9 Å². The molecule has 0 unspecified atom stereocenters. The topological polar surface area (TPSA) is 42.0 Å². The molecule has 3 nitrogen and oxygen atoms in total. The third-order valence-corrected chi connectivity index (χ3v) is 6.53. The van der Waals surface area contributed by atoms with Crippen LogP contribution in [0.4, 0.5) is 5.00 Å². The van der Waals surface area contributed by atoms with Crippen LogP contribution in [0.2, 0.25) is 0 Å². The van der Waals surface area contributed by atoms with Gasteiger partial charge in [0.05, 0.1) is 10.2 Å². The fraction of sp³-hybridized carbons (Fsp3) is 0.333. The number of carbonyl (C=O) groups excluding carboxylic acids is 1. The number of fused-ring (bicyclic) bond motifs is 2. The Morgan fingerprint density at radius 1 is 1.30 bits per heavy atom. The number of rotatable bonds is 2. The van der Waals surface area contributed by atoms with E-state index in [4.69, 9.17) is 4.98 Å². The van der Waals surface area contributed by atoms with Crippen molar-refractivity contribution in [3.63, 3.8) is 0 Å². The number of thiophene rings is 1. The number of para-hydroxylation sites is 1. The number of nitrogens with zero attached hydrogens (tertiary/aromatic N) is 1. The number of nitrogens with one attached hydrogen (secondary N) is 1. The lowest BCUT2D eigenvalue weighted by Crippen LogP contribution is -2.09. The number of anilines is 1. The second kappa shape index (κ2) is 5.73. The SMILES string of the molecule is CC(=O)Nc1sc2c(c1-c1nc3ccccc3s1)CC[C@@H](C)C2. The largest absolute Gasteiger partial charge is 0.317 e. The van der Waals surface area contributed by atoms with E-state index in [9.17, 15) is 4.79 Å². The van der Waals surface area contributed by atoms with Gasteiger partial charge < -0.3 is 5.32 Å². The Bertz CT molecular complexity index is 861. The lowest BCUT2D eigenvalue weighted by atomic mass is 9.88. The summed E-state index contributed by atoms with van der Waals surface area (Å²) in [5.41, 5.74) is 3.59. The predicted octanol–water partition coefficient (Wildman–Crippen LogP) is 5.11. The van der Waals surface area contributed by atoms with Gasteiger partial charge in [-0.3, -0.25) is 4.79 Å². The van der Waals surface area contributed by atoms with Gasteiger partial charge in [-0.25, -0.2) is 4.98 Å². The molecule has 0 saturated heterocycles. The molecule has 1 aliphatic rings. The second-order valence-corrected chi connectivity index (χ2v) is 8.36. The van der Waals surface area contributed by atoms with Crippen LogP contribution in [0.5, 0.6) is 0 Å². The molecule has 1 amide bonds. The maximum atomic E-state index is 11.6. The molecule has 0 fully saturated rings. The highest BCUT2D eigenvalue weighted by atomic mass is 32.1. The molecule has 1 aromatic carbocycles. The summed E-state index contributed by atoms with van der Waals surface area (Å²) in [5, 5.41) is 5.03. The van der Waals surface area contributed by atoms with Crippen LogP contribution in [0.25, 0.3) is 20.8 Å². The van der Waals surface area contributed by atoms with E-state index in [1.807, 2.05) is 18.2 Å². The van der Waals surface area contributed by atoms with Crippen molar-refractivity contribution in [1.29, 1.82) is 0 Å². The molecule has 0 saturated carbocycles. The number of carbonyl (C=O) groups is 1. The van der Waals surface area contributed by atoms with Crippen LogP contribution in [-0.2, 0) is 17.6 Å². The molecule has 23 heavy (non-hydrogen) atoms. The molecule has 0 aliphatic heterocycles. The number of benzene rings is 1. The van der Waals surface area contributed by atoms with Crippen molar-refractivity contribution in [3.05, 3.63) is 34.7 Å². The minimum Gasteiger partial charge on any atom is -0.317 e. The maximum Gasteiger partial charge on any atom is 0.221 e. The number of amides is 1. The molecular weight excluding hydrogens is 324 g/mol. The van der Waals surface area contributed by atoms with Crippen molar-refractivity contribution in [3.8, 4) is 10.6 Å². The van der Waals surface area contributed by atoms with E-state index < -0.39 is 0 Å². The number of hydrogen-bond acceptors (Lipinski definition) is 4. The normalized spacial score (nSPS) is 17.2. The lowest BCUT2D eigenvalue weighted by molar-refractivity contribution is -0.114. The van der Waals surface area contributed by atoms with Gasteiger partial charge in [0.2, 0.25) is 5.91 Å². The Labute approximate surface area is 143 Å². The maximum absolute atomic E-state index is 11.6. The first-order valence-electron chi connectivity index (χ1n) is 7.90. The van der Waals surface area contributed by atoms with Crippen molar-refractivity contribution >= 4 is 43.8 Å². The van der Waals surface area contributed by atoms with Gasteiger partial charge >= 0.3 is 0 Å². The monoisotopic (exact) mass is 342 g/mol. The standard InChI is InChI=1S/C18H18N2OS2/c1-10-7-8-12-15(9-10)23-17(19-11(2)21)16(12)18-20-13-5-3-4-6-14(13)22-18/h3-6,10H,7-9H2,1-2H3,(H,19,21)/t10-/m1/s1. The summed E-state index contributed by atoms with van der Waals surface area (Å²) < 4.78 is 1.19. The van der Waals surface area contributed by atoms with E-state index in [0.717, 1.165) is 39.8 Å². The minimum absolute atomic E-state index is 0.0148. The van der Waals surface area contributed by atoms with Crippen molar-refractivity contribution in [1.82, 2.24) is 4.98 Å². The Kier molecular flexibility index (Phi) is 3.70. The third kappa shape index (κ3) is 2.68. The highest BCUT2D eigenvalue weighted by molar-refractivity contribution is 7.22. The number of thiazole rings is 1. The number of hydrogen-bond donors (Lipinski definition) is 1. The summed E-state index contributed by atoms with van der Waals surface area (Å²) in [5.74, 6) is 0.702. The van der Waals surface area contributed by atoms with Crippen molar-refractivity contribution < 1.29 is 4.79 Å². The smallest absolute Gasteiger partial charge is 0.221 e. The van der Waals surface area contributed by atoms with Crippen LogP contribution >= 0.6 is 22.7 Å². The van der Waals surface area contributed by atoms with E-state index >= 15 is 0 Å². The molecule has 1 aliphatic carbocycles. The molecule has 1 atom stereocenters. The van der Waals surface area contributed by atoms with Gasteiger partial charge in [-0.1, -0.05) is 19.1 Å². The van der Waals surface area contributed by atoms with E-state index in [1.54, 1.807) is 29.6 Å². The Morgan fingerprint density at radius 2 is 2.13 bits per heavy atom. The van der Waals surface area contributed by atoms with Gasteiger partial charge in [0.1, 0.15) is 10.0 Å². The van der Waals surface area contributed by atoms with Crippen molar-refractivity contribution in [2.75, 3.05) is 5.32 Å². The molecular formula is C18H18N2OS2. The van der Waals surface area contributed by atoms with Gasteiger partial charge in [0.15, 0.2) is 0 Å². The zero-order chi connectivity index (χ0) is 16.0. The highest BCUT2D eigenvalue weighted by Gasteiger charge is 2.26. The van der Waals surface area contributed by atoms with Gasteiger partial charge in [-0.15, -0.1) is 22.7 Å². The van der Waals surface area contributed by atoms with E-state index in [1.165, 1.54) is 21.6 Å².